The predicted octanol–water partition coefficient (Wildman–Crippen LogP) is 9.75. The zero-order valence-electron chi connectivity index (χ0n) is 20.1. The molecule has 0 N–H and O–H groups in total. The van der Waals surface area contributed by atoms with Gasteiger partial charge in [-0.1, -0.05) is 103 Å². The summed E-state index contributed by atoms with van der Waals surface area (Å²) in [6.07, 6.45) is 0. The van der Waals surface area contributed by atoms with Gasteiger partial charge >= 0.3 is 0 Å². The Bertz CT molecular complexity index is 1660. The van der Waals surface area contributed by atoms with E-state index in [1.165, 1.54) is 55.2 Å². The first kappa shape index (κ1) is 21.2. The summed E-state index contributed by atoms with van der Waals surface area (Å²) >= 11 is 0. The van der Waals surface area contributed by atoms with Gasteiger partial charge in [-0.25, -0.2) is 0 Å². The summed E-state index contributed by atoms with van der Waals surface area (Å²) in [5, 5.41) is 5.01. The third-order valence-corrected chi connectivity index (χ3v) is 6.79. The summed E-state index contributed by atoms with van der Waals surface area (Å²) in [6.45, 7) is 4.36. The van der Waals surface area contributed by atoms with Gasteiger partial charge in [-0.3, -0.25) is 0 Å². The standard InChI is InChI=1S/C34H27N/c1-24-16-20-32(25(2)22-24)35(30-13-4-3-5-14-30)33-21-19-27-11-8-9-15-31(27)34(33)29-18-17-26-10-6-7-12-28(26)23-29/h3-23H,1-2H3. The molecule has 0 aliphatic carbocycles. The minimum atomic E-state index is 1.15. The minimum absolute atomic E-state index is 1.15. The SMILES string of the molecule is Cc1ccc(N(c2ccccc2)c2ccc3ccccc3c2-c2ccc3ccccc3c2)c(C)c1. The van der Waals surface area contributed by atoms with Crippen molar-refractivity contribution in [1.82, 2.24) is 0 Å². The molecule has 0 amide bonds. The van der Waals surface area contributed by atoms with Gasteiger partial charge < -0.3 is 4.90 Å². The van der Waals surface area contributed by atoms with E-state index in [2.05, 4.69) is 146 Å². The Morgan fingerprint density at radius 3 is 1.94 bits per heavy atom. The van der Waals surface area contributed by atoms with Gasteiger partial charge in [0.2, 0.25) is 0 Å². The molecule has 6 aromatic rings. The van der Waals surface area contributed by atoms with Crippen LogP contribution in [0.3, 0.4) is 0 Å². The number of benzene rings is 6. The lowest BCUT2D eigenvalue weighted by Gasteiger charge is -2.30. The molecule has 1 nitrogen and oxygen atoms in total. The van der Waals surface area contributed by atoms with Crippen LogP contribution in [0.4, 0.5) is 17.1 Å². The van der Waals surface area contributed by atoms with Crippen molar-refractivity contribution in [2.45, 2.75) is 13.8 Å². The highest BCUT2D eigenvalue weighted by atomic mass is 15.1. The molecular formula is C34H27N. The molecule has 0 heterocycles. The van der Waals surface area contributed by atoms with Crippen molar-refractivity contribution in [3.63, 3.8) is 0 Å². The molecule has 1 heteroatoms. The predicted molar refractivity (Wildman–Crippen MR) is 151 cm³/mol. The van der Waals surface area contributed by atoms with E-state index in [4.69, 9.17) is 0 Å². The van der Waals surface area contributed by atoms with E-state index in [1.807, 2.05) is 0 Å². The molecule has 35 heavy (non-hydrogen) atoms. The Kier molecular flexibility index (Phi) is 5.31. The number of fused-ring (bicyclic) bond motifs is 2. The number of para-hydroxylation sites is 1. The molecule has 6 aromatic carbocycles. The quantitative estimate of drug-likeness (QED) is 0.259. The van der Waals surface area contributed by atoms with Gasteiger partial charge in [0.1, 0.15) is 0 Å². The topological polar surface area (TPSA) is 3.24 Å². The average molecular weight is 450 g/mol. The first-order valence-corrected chi connectivity index (χ1v) is 12.1. The largest absolute Gasteiger partial charge is 0.310 e. The first-order valence-electron chi connectivity index (χ1n) is 12.1. The minimum Gasteiger partial charge on any atom is -0.310 e. The zero-order chi connectivity index (χ0) is 23.8. The fourth-order valence-corrected chi connectivity index (χ4v) is 5.14. The second kappa shape index (κ2) is 8.77. The number of rotatable bonds is 4. The molecule has 0 bridgehead atoms. The maximum Gasteiger partial charge on any atom is 0.0546 e. The van der Waals surface area contributed by atoms with Crippen LogP contribution in [0.15, 0.2) is 127 Å². The lowest BCUT2D eigenvalue weighted by molar-refractivity contribution is 1.24. The van der Waals surface area contributed by atoms with E-state index in [1.54, 1.807) is 0 Å². The molecule has 168 valence electrons. The molecule has 0 fully saturated rings. The zero-order valence-corrected chi connectivity index (χ0v) is 20.1. The summed E-state index contributed by atoms with van der Waals surface area (Å²) < 4.78 is 0. The molecule has 0 aromatic heterocycles. The second-order valence-corrected chi connectivity index (χ2v) is 9.20. The maximum atomic E-state index is 2.41. The van der Waals surface area contributed by atoms with Crippen molar-refractivity contribution in [3.8, 4) is 11.1 Å². The second-order valence-electron chi connectivity index (χ2n) is 9.20. The van der Waals surface area contributed by atoms with Crippen molar-refractivity contribution in [2.75, 3.05) is 4.90 Å². The van der Waals surface area contributed by atoms with E-state index < -0.39 is 0 Å². The van der Waals surface area contributed by atoms with Crippen molar-refractivity contribution in [2.24, 2.45) is 0 Å². The fraction of sp³-hybridized carbons (Fsp3) is 0.0588. The van der Waals surface area contributed by atoms with Crippen molar-refractivity contribution in [3.05, 3.63) is 139 Å². The number of nitrogens with zero attached hydrogens (tertiary/aromatic N) is 1. The number of hydrogen-bond acceptors (Lipinski definition) is 1. The molecule has 0 saturated carbocycles. The monoisotopic (exact) mass is 449 g/mol. The van der Waals surface area contributed by atoms with Crippen LogP contribution in [0.2, 0.25) is 0 Å². The van der Waals surface area contributed by atoms with E-state index in [-0.39, 0.29) is 0 Å². The van der Waals surface area contributed by atoms with E-state index in [0.29, 0.717) is 0 Å². The molecule has 0 saturated heterocycles. The van der Waals surface area contributed by atoms with Crippen LogP contribution in [0, 0.1) is 13.8 Å². The van der Waals surface area contributed by atoms with Gasteiger partial charge in [0, 0.05) is 16.9 Å². The van der Waals surface area contributed by atoms with Gasteiger partial charge in [-0.15, -0.1) is 0 Å². The van der Waals surface area contributed by atoms with Crippen LogP contribution >= 0.6 is 0 Å². The Labute approximate surface area is 206 Å². The molecule has 0 atom stereocenters. The van der Waals surface area contributed by atoms with Gasteiger partial charge in [0.15, 0.2) is 0 Å². The summed E-state index contributed by atoms with van der Waals surface area (Å²) in [5.41, 5.74) is 8.52. The smallest absolute Gasteiger partial charge is 0.0546 e. The lowest BCUT2D eigenvalue weighted by Crippen LogP contribution is -2.12. The van der Waals surface area contributed by atoms with Crippen LogP contribution < -0.4 is 4.90 Å². The van der Waals surface area contributed by atoms with Crippen LogP contribution in [0.25, 0.3) is 32.7 Å². The molecule has 0 aliphatic rings. The van der Waals surface area contributed by atoms with E-state index in [0.717, 1.165) is 5.69 Å². The Morgan fingerprint density at radius 2 is 1.14 bits per heavy atom. The van der Waals surface area contributed by atoms with E-state index in [9.17, 15) is 0 Å². The first-order chi connectivity index (χ1) is 17.2. The Balaban J connectivity index is 1.69. The molecular weight excluding hydrogens is 422 g/mol. The third kappa shape index (κ3) is 3.86. The van der Waals surface area contributed by atoms with Gasteiger partial charge in [0.25, 0.3) is 0 Å². The van der Waals surface area contributed by atoms with Crippen LogP contribution in [-0.4, -0.2) is 0 Å². The maximum absolute atomic E-state index is 2.41. The molecule has 0 aliphatic heterocycles. The molecule has 6 rings (SSSR count). The highest BCUT2D eigenvalue weighted by Gasteiger charge is 2.20. The van der Waals surface area contributed by atoms with Crippen molar-refractivity contribution < 1.29 is 0 Å². The Hall–Kier alpha value is -4.36. The number of aryl methyl sites for hydroxylation is 2. The van der Waals surface area contributed by atoms with Crippen LogP contribution in [0.5, 0.6) is 0 Å². The van der Waals surface area contributed by atoms with Crippen LogP contribution in [-0.2, 0) is 0 Å². The van der Waals surface area contributed by atoms with Crippen molar-refractivity contribution >= 4 is 38.6 Å². The molecule has 0 spiro atoms. The molecule has 0 unspecified atom stereocenters. The lowest BCUT2D eigenvalue weighted by atomic mass is 9.93. The van der Waals surface area contributed by atoms with Gasteiger partial charge in [-0.05, 0) is 76.9 Å². The van der Waals surface area contributed by atoms with E-state index >= 15 is 0 Å². The van der Waals surface area contributed by atoms with Crippen LogP contribution in [0.1, 0.15) is 11.1 Å². The fourth-order valence-electron chi connectivity index (χ4n) is 5.14. The average Bonchev–Trinajstić information content (AvgIpc) is 2.90. The number of anilines is 3. The Morgan fingerprint density at radius 1 is 0.486 bits per heavy atom. The summed E-state index contributed by atoms with van der Waals surface area (Å²) in [7, 11) is 0. The molecule has 0 radical (unpaired) electrons. The van der Waals surface area contributed by atoms with Gasteiger partial charge in [-0.2, -0.15) is 0 Å². The van der Waals surface area contributed by atoms with Gasteiger partial charge in [0.05, 0.1) is 5.69 Å². The summed E-state index contributed by atoms with van der Waals surface area (Å²) in [4.78, 5) is 2.41. The van der Waals surface area contributed by atoms with Crippen molar-refractivity contribution in [1.29, 1.82) is 0 Å². The summed E-state index contributed by atoms with van der Waals surface area (Å²) in [6, 6.07) is 46.0. The highest BCUT2D eigenvalue weighted by molar-refractivity contribution is 6.06. The third-order valence-electron chi connectivity index (χ3n) is 6.79. The number of hydrogen-bond donors (Lipinski definition) is 0. The normalized spacial score (nSPS) is 11.1. The summed E-state index contributed by atoms with van der Waals surface area (Å²) in [5.74, 6) is 0. The highest BCUT2D eigenvalue weighted by Crippen LogP contribution is 2.45.